The fraction of sp³-hybridized carbons (Fsp3) is 0.412. The minimum Gasteiger partial charge on any atom is -0.464 e. The van der Waals surface area contributed by atoms with Gasteiger partial charge in [-0.3, -0.25) is 0 Å². The predicted octanol–water partition coefficient (Wildman–Crippen LogP) is 4.38. The van der Waals surface area contributed by atoms with E-state index < -0.39 is 0 Å². The number of rotatable bonds is 6. The molecular weight excluding hydrogens is 253 g/mol. The van der Waals surface area contributed by atoms with E-state index in [1.54, 1.807) is 13.0 Å². The van der Waals surface area contributed by atoms with Crippen molar-refractivity contribution < 1.29 is 8.81 Å². The standard InChI is InChI=1S/C17H22FNO/c1-4-10-19-17(16-9-8-14(5-2)20-16)13-7-6-12(3)15(18)11-13/h6-9,11,17,19H,4-5,10H2,1-3H3. The van der Waals surface area contributed by atoms with Crippen molar-refractivity contribution in [3.05, 3.63) is 58.8 Å². The fourth-order valence-corrected chi connectivity index (χ4v) is 2.20. The molecule has 0 saturated carbocycles. The minimum atomic E-state index is -0.173. The SMILES string of the molecule is CCCNC(c1ccc(C)c(F)c1)c1ccc(CC)o1. The van der Waals surface area contributed by atoms with Gasteiger partial charge in [0, 0.05) is 6.42 Å². The van der Waals surface area contributed by atoms with Crippen LogP contribution < -0.4 is 5.32 Å². The van der Waals surface area contributed by atoms with Crippen LogP contribution in [0.15, 0.2) is 34.7 Å². The first kappa shape index (κ1) is 14.8. The normalized spacial score (nSPS) is 12.6. The summed E-state index contributed by atoms with van der Waals surface area (Å²) in [5.41, 5.74) is 1.57. The molecule has 0 bridgehead atoms. The van der Waals surface area contributed by atoms with E-state index in [9.17, 15) is 4.39 Å². The van der Waals surface area contributed by atoms with Crippen LogP contribution in [-0.4, -0.2) is 6.54 Å². The van der Waals surface area contributed by atoms with Gasteiger partial charge in [-0.05, 0) is 49.2 Å². The van der Waals surface area contributed by atoms with Gasteiger partial charge in [-0.2, -0.15) is 0 Å². The van der Waals surface area contributed by atoms with E-state index in [0.29, 0.717) is 5.56 Å². The number of furan rings is 1. The lowest BCUT2D eigenvalue weighted by Crippen LogP contribution is -2.23. The number of hydrogen-bond acceptors (Lipinski definition) is 2. The van der Waals surface area contributed by atoms with Crippen LogP contribution in [0.3, 0.4) is 0 Å². The van der Waals surface area contributed by atoms with E-state index in [1.807, 2.05) is 24.3 Å². The Labute approximate surface area is 120 Å². The van der Waals surface area contributed by atoms with Gasteiger partial charge in [-0.15, -0.1) is 0 Å². The fourth-order valence-electron chi connectivity index (χ4n) is 2.20. The van der Waals surface area contributed by atoms with Gasteiger partial charge >= 0.3 is 0 Å². The smallest absolute Gasteiger partial charge is 0.126 e. The molecule has 0 radical (unpaired) electrons. The lowest BCUT2D eigenvalue weighted by molar-refractivity contribution is 0.421. The molecule has 3 heteroatoms. The Balaban J connectivity index is 2.32. The minimum absolute atomic E-state index is 0.0923. The third-order valence-corrected chi connectivity index (χ3v) is 3.44. The molecule has 0 aliphatic heterocycles. The molecule has 0 fully saturated rings. The van der Waals surface area contributed by atoms with Crippen molar-refractivity contribution in [1.82, 2.24) is 5.32 Å². The van der Waals surface area contributed by atoms with E-state index >= 15 is 0 Å². The Hall–Kier alpha value is -1.61. The summed E-state index contributed by atoms with van der Waals surface area (Å²) in [5.74, 6) is 1.63. The molecular formula is C17H22FNO. The van der Waals surface area contributed by atoms with Crippen LogP contribution >= 0.6 is 0 Å². The second-order valence-corrected chi connectivity index (χ2v) is 5.05. The van der Waals surface area contributed by atoms with Gasteiger partial charge in [-0.1, -0.05) is 26.0 Å². The summed E-state index contributed by atoms with van der Waals surface area (Å²) in [5, 5.41) is 3.43. The highest BCUT2D eigenvalue weighted by molar-refractivity contribution is 5.31. The molecule has 1 aromatic heterocycles. The van der Waals surface area contributed by atoms with E-state index in [1.165, 1.54) is 0 Å². The molecule has 0 spiro atoms. The maximum absolute atomic E-state index is 13.8. The molecule has 0 aliphatic carbocycles. The van der Waals surface area contributed by atoms with Gasteiger partial charge in [0.15, 0.2) is 0 Å². The monoisotopic (exact) mass is 275 g/mol. The Morgan fingerprint density at radius 1 is 1.20 bits per heavy atom. The quantitative estimate of drug-likeness (QED) is 0.846. The summed E-state index contributed by atoms with van der Waals surface area (Å²) in [6.07, 6.45) is 1.88. The third-order valence-electron chi connectivity index (χ3n) is 3.44. The molecule has 2 rings (SSSR count). The molecule has 1 N–H and O–H groups in total. The summed E-state index contributed by atoms with van der Waals surface area (Å²) in [4.78, 5) is 0. The molecule has 0 saturated heterocycles. The van der Waals surface area contributed by atoms with Crippen molar-refractivity contribution in [2.24, 2.45) is 0 Å². The molecule has 2 nitrogen and oxygen atoms in total. The van der Waals surface area contributed by atoms with E-state index in [-0.39, 0.29) is 11.9 Å². The maximum Gasteiger partial charge on any atom is 0.126 e. The number of hydrogen-bond donors (Lipinski definition) is 1. The number of aryl methyl sites for hydroxylation is 2. The van der Waals surface area contributed by atoms with Crippen LogP contribution in [-0.2, 0) is 6.42 Å². The zero-order chi connectivity index (χ0) is 14.5. The van der Waals surface area contributed by atoms with Crippen molar-refractivity contribution in [2.75, 3.05) is 6.54 Å². The van der Waals surface area contributed by atoms with Gasteiger partial charge in [0.25, 0.3) is 0 Å². The van der Waals surface area contributed by atoms with E-state index in [4.69, 9.17) is 4.42 Å². The summed E-state index contributed by atoms with van der Waals surface area (Å²) in [6, 6.07) is 9.24. The van der Waals surface area contributed by atoms with Crippen molar-refractivity contribution in [3.8, 4) is 0 Å². The van der Waals surface area contributed by atoms with Crippen LogP contribution in [0, 0.1) is 12.7 Å². The van der Waals surface area contributed by atoms with Gasteiger partial charge < -0.3 is 9.73 Å². The topological polar surface area (TPSA) is 25.2 Å². The van der Waals surface area contributed by atoms with Crippen LogP contribution in [0.4, 0.5) is 4.39 Å². The highest BCUT2D eigenvalue weighted by Gasteiger charge is 2.18. The summed E-state index contributed by atoms with van der Waals surface area (Å²) in [7, 11) is 0. The Bertz CT molecular complexity index is 562. The molecule has 1 heterocycles. The highest BCUT2D eigenvalue weighted by Crippen LogP contribution is 2.25. The average Bonchev–Trinajstić information content (AvgIpc) is 2.92. The van der Waals surface area contributed by atoms with Crippen molar-refractivity contribution in [3.63, 3.8) is 0 Å². The van der Waals surface area contributed by atoms with Gasteiger partial charge in [0.05, 0.1) is 6.04 Å². The van der Waals surface area contributed by atoms with E-state index in [0.717, 1.165) is 36.5 Å². The maximum atomic E-state index is 13.8. The first-order valence-corrected chi connectivity index (χ1v) is 7.23. The Morgan fingerprint density at radius 2 is 2.00 bits per heavy atom. The van der Waals surface area contributed by atoms with Crippen molar-refractivity contribution in [2.45, 2.75) is 39.7 Å². The first-order valence-electron chi connectivity index (χ1n) is 7.23. The number of benzene rings is 1. The summed E-state index contributed by atoms with van der Waals surface area (Å²) < 4.78 is 19.6. The molecule has 0 amide bonds. The summed E-state index contributed by atoms with van der Waals surface area (Å²) >= 11 is 0. The van der Waals surface area contributed by atoms with Gasteiger partial charge in [-0.25, -0.2) is 4.39 Å². The molecule has 108 valence electrons. The van der Waals surface area contributed by atoms with Crippen LogP contribution in [0.2, 0.25) is 0 Å². The molecule has 2 aromatic rings. The third kappa shape index (κ3) is 3.28. The second kappa shape index (κ2) is 6.71. The first-order chi connectivity index (χ1) is 9.65. The highest BCUT2D eigenvalue weighted by atomic mass is 19.1. The van der Waals surface area contributed by atoms with Crippen LogP contribution in [0.25, 0.3) is 0 Å². The molecule has 1 unspecified atom stereocenters. The Kier molecular flexibility index (Phi) is 4.96. The van der Waals surface area contributed by atoms with Crippen molar-refractivity contribution >= 4 is 0 Å². The van der Waals surface area contributed by atoms with Gasteiger partial charge in [0.2, 0.25) is 0 Å². The predicted molar refractivity (Wildman–Crippen MR) is 79.4 cm³/mol. The summed E-state index contributed by atoms with van der Waals surface area (Å²) in [6.45, 7) is 6.81. The average molecular weight is 275 g/mol. The lowest BCUT2D eigenvalue weighted by atomic mass is 10.0. The molecule has 1 aromatic carbocycles. The number of nitrogens with one attached hydrogen (secondary N) is 1. The van der Waals surface area contributed by atoms with Crippen LogP contribution in [0.5, 0.6) is 0 Å². The molecule has 0 aliphatic rings. The number of halogens is 1. The largest absolute Gasteiger partial charge is 0.464 e. The van der Waals surface area contributed by atoms with Crippen molar-refractivity contribution in [1.29, 1.82) is 0 Å². The lowest BCUT2D eigenvalue weighted by Gasteiger charge is -2.17. The van der Waals surface area contributed by atoms with E-state index in [2.05, 4.69) is 19.2 Å². The van der Waals surface area contributed by atoms with Crippen LogP contribution in [0.1, 0.15) is 49.0 Å². The zero-order valence-electron chi connectivity index (χ0n) is 12.4. The Morgan fingerprint density at radius 3 is 2.60 bits per heavy atom. The molecule has 1 atom stereocenters. The zero-order valence-corrected chi connectivity index (χ0v) is 12.4. The van der Waals surface area contributed by atoms with Gasteiger partial charge in [0.1, 0.15) is 17.3 Å². The molecule has 20 heavy (non-hydrogen) atoms. The second-order valence-electron chi connectivity index (χ2n) is 5.05.